The summed E-state index contributed by atoms with van der Waals surface area (Å²) in [5.74, 6) is -0.460. The number of carbonyl (C=O) groups is 2. The third-order valence-electron chi connectivity index (χ3n) is 3.09. The minimum Gasteiger partial charge on any atom is -0.383 e. The number of hydroxylamine groups is 1. The standard InChI is InChI=1S/C14H21N3O4/c1-20-8-6-15-21-14(19)11-3-2-7-17(9-11)10-13(18)16-12-4-5-12/h2-3,7,12,15H,4-6,8-10H2,1H3,(H,16,18). The first kappa shape index (κ1) is 15.5. The lowest BCUT2D eigenvalue weighted by atomic mass is 10.2. The molecule has 116 valence electrons. The molecule has 7 heteroatoms. The summed E-state index contributed by atoms with van der Waals surface area (Å²) >= 11 is 0. The molecule has 0 saturated heterocycles. The molecule has 0 unspecified atom stereocenters. The lowest BCUT2D eigenvalue weighted by Gasteiger charge is -2.23. The summed E-state index contributed by atoms with van der Waals surface area (Å²) in [5, 5.41) is 2.92. The SMILES string of the molecule is COCCNOC(=O)C1=CC=CN(CC(=O)NC2CC2)C1. The van der Waals surface area contributed by atoms with Gasteiger partial charge in [-0.3, -0.25) is 4.79 Å². The highest BCUT2D eigenvalue weighted by molar-refractivity contribution is 5.89. The van der Waals surface area contributed by atoms with Crippen LogP contribution in [0.3, 0.4) is 0 Å². The van der Waals surface area contributed by atoms with Crippen LogP contribution < -0.4 is 10.8 Å². The second-order valence-corrected chi connectivity index (χ2v) is 5.06. The highest BCUT2D eigenvalue weighted by Crippen LogP contribution is 2.18. The summed E-state index contributed by atoms with van der Waals surface area (Å²) in [5.41, 5.74) is 3.04. The number of ether oxygens (including phenoxy) is 1. The summed E-state index contributed by atoms with van der Waals surface area (Å²) in [7, 11) is 1.57. The van der Waals surface area contributed by atoms with Crippen LogP contribution in [0, 0.1) is 0 Å². The van der Waals surface area contributed by atoms with Gasteiger partial charge >= 0.3 is 5.97 Å². The maximum absolute atomic E-state index is 11.8. The van der Waals surface area contributed by atoms with Crippen molar-refractivity contribution in [1.82, 2.24) is 15.7 Å². The van der Waals surface area contributed by atoms with Gasteiger partial charge in [0.05, 0.1) is 31.8 Å². The minimum absolute atomic E-state index is 0.0185. The van der Waals surface area contributed by atoms with Crippen molar-refractivity contribution in [3.8, 4) is 0 Å². The Morgan fingerprint density at radius 2 is 2.24 bits per heavy atom. The summed E-state index contributed by atoms with van der Waals surface area (Å²) in [4.78, 5) is 30.3. The number of hydrogen-bond donors (Lipinski definition) is 2. The van der Waals surface area contributed by atoms with E-state index in [9.17, 15) is 9.59 Å². The van der Waals surface area contributed by atoms with Crippen LogP contribution in [0.2, 0.25) is 0 Å². The van der Waals surface area contributed by atoms with Crippen molar-refractivity contribution < 1.29 is 19.2 Å². The third-order valence-corrected chi connectivity index (χ3v) is 3.09. The van der Waals surface area contributed by atoms with Crippen molar-refractivity contribution in [3.05, 3.63) is 23.9 Å². The van der Waals surface area contributed by atoms with Gasteiger partial charge in [0.15, 0.2) is 0 Å². The van der Waals surface area contributed by atoms with E-state index >= 15 is 0 Å². The van der Waals surface area contributed by atoms with Crippen LogP contribution in [-0.2, 0) is 19.2 Å². The van der Waals surface area contributed by atoms with Crippen LogP contribution in [-0.4, -0.2) is 56.2 Å². The molecular weight excluding hydrogens is 274 g/mol. The molecule has 0 aromatic carbocycles. The van der Waals surface area contributed by atoms with Crippen LogP contribution in [0.5, 0.6) is 0 Å². The van der Waals surface area contributed by atoms with Crippen LogP contribution in [0.25, 0.3) is 0 Å². The number of amides is 1. The third kappa shape index (κ3) is 5.57. The molecule has 0 atom stereocenters. The Bertz CT molecular complexity index is 444. The van der Waals surface area contributed by atoms with Crippen molar-refractivity contribution in [1.29, 1.82) is 0 Å². The summed E-state index contributed by atoms with van der Waals surface area (Å²) in [6.45, 7) is 1.49. The van der Waals surface area contributed by atoms with Gasteiger partial charge in [0.25, 0.3) is 0 Å². The first-order chi connectivity index (χ1) is 10.2. The summed E-state index contributed by atoms with van der Waals surface area (Å²) in [6, 6.07) is 0.344. The van der Waals surface area contributed by atoms with Crippen molar-refractivity contribution in [2.75, 3.05) is 33.4 Å². The molecule has 1 aliphatic heterocycles. The van der Waals surface area contributed by atoms with Gasteiger partial charge < -0.3 is 19.8 Å². The predicted molar refractivity (Wildman–Crippen MR) is 75.9 cm³/mol. The maximum atomic E-state index is 11.8. The van der Waals surface area contributed by atoms with Crippen molar-refractivity contribution >= 4 is 11.9 Å². The van der Waals surface area contributed by atoms with Gasteiger partial charge in [0.2, 0.25) is 5.91 Å². The number of hydrogen-bond acceptors (Lipinski definition) is 6. The largest absolute Gasteiger partial charge is 0.383 e. The van der Waals surface area contributed by atoms with Crippen molar-refractivity contribution in [3.63, 3.8) is 0 Å². The Balaban J connectivity index is 1.71. The Morgan fingerprint density at radius 3 is 2.95 bits per heavy atom. The topological polar surface area (TPSA) is 79.9 Å². The highest BCUT2D eigenvalue weighted by Gasteiger charge is 2.24. The van der Waals surface area contributed by atoms with E-state index in [1.807, 2.05) is 0 Å². The molecule has 0 bridgehead atoms. The van der Waals surface area contributed by atoms with Crippen LogP contribution in [0.4, 0.5) is 0 Å². The summed E-state index contributed by atoms with van der Waals surface area (Å²) < 4.78 is 4.83. The Kier molecular flexibility index (Phi) is 5.77. The first-order valence-corrected chi connectivity index (χ1v) is 7.03. The molecule has 7 nitrogen and oxygen atoms in total. The molecule has 1 saturated carbocycles. The highest BCUT2D eigenvalue weighted by atomic mass is 16.7. The Morgan fingerprint density at radius 1 is 1.43 bits per heavy atom. The second kappa shape index (κ2) is 7.80. The molecule has 0 aromatic heterocycles. The van der Waals surface area contributed by atoms with E-state index in [4.69, 9.17) is 9.57 Å². The maximum Gasteiger partial charge on any atom is 0.354 e. The van der Waals surface area contributed by atoms with E-state index in [1.54, 1.807) is 30.4 Å². The van der Waals surface area contributed by atoms with Gasteiger partial charge in [0, 0.05) is 13.2 Å². The molecule has 0 spiro atoms. The molecule has 1 aliphatic carbocycles. The zero-order chi connectivity index (χ0) is 15.1. The zero-order valence-corrected chi connectivity index (χ0v) is 12.1. The molecule has 0 radical (unpaired) electrons. The van der Waals surface area contributed by atoms with Crippen molar-refractivity contribution in [2.24, 2.45) is 0 Å². The number of nitrogens with zero attached hydrogens (tertiary/aromatic N) is 1. The molecule has 0 aromatic rings. The zero-order valence-electron chi connectivity index (χ0n) is 12.1. The first-order valence-electron chi connectivity index (χ1n) is 7.03. The molecule has 1 amide bonds. The molecule has 2 N–H and O–H groups in total. The van der Waals surface area contributed by atoms with Gasteiger partial charge in [-0.25, -0.2) is 4.79 Å². The molecule has 1 heterocycles. The van der Waals surface area contributed by atoms with Gasteiger partial charge in [-0.2, -0.15) is 5.48 Å². The van der Waals surface area contributed by atoms with Gasteiger partial charge in [-0.1, -0.05) is 0 Å². The minimum atomic E-state index is -0.442. The average Bonchev–Trinajstić information content (AvgIpc) is 3.27. The van der Waals surface area contributed by atoms with Crippen LogP contribution in [0.1, 0.15) is 12.8 Å². The fraction of sp³-hybridized carbons (Fsp3) is 0.571. The van der Waals surface area contributed by atoms with E-state index in [2.05, 4.69) is 10.8 Å². The van der Waals surface area contributed by atoms with E-state index in [0.717, 1.165) is 12.8 Å². The fourth-order valence-electron chi connectivity index (χ4n) is 1.86. The number of carbonyl (C=O) groups excluding carboxylic acids is 2. The Labute approximate surface area is 123 Å². The lowest BCUT2D eigenvalue weighted by Crippen LogP contribution is -2.38. The molecule has 1 fully saturated rings. The van der Waals surface area contributed by atoms with Crippen LogP contribution in [0.15, 0.2) is 23.9 Å². The van der Waals surface area contributed by atoms with E-state index in [1.165, 1.54) is 0 Å². The van der Waals surface area contributed by atoms with Gasteiger partial charge in [-0.15, -0.1) is 0 Å². The van der Waals surface area contributed by atoms with Crippen LogP contribution >= 0.6 is 0 Å². The fourth-order valence-corrected chi connectivity index (χ4v) is 1.86. The number of nitrogens with one attached hydrogen (secondary N) is 2. The molecule has 2 aliphatic rings. The molecule has 21 heavy (non-hydrogen) atoms. The smallest absolute Gasteiger partial charge is 0.354 e. The predicted octanol–water partition coefficient (Wildman–Crippen LogP) is -0.285. The van der Waals surface area contributed by atoms with E-state index < -0.39 is 5.97 Å². The molecular formula is C14H21N3O4. The quantitative estimate of drug-likeness (QED) is 0.473. The Hall–Kier alpha value is -1.86. The summed E-state index contributed by atoms with van der Waals surface area (Å²) in [6.07, 6.45) is 7.34. The lowest BCUT2D eigenvalue weighted by molar-refractivity contribution is -0.147. The number of methoxy groups -OCH3 is 1. The van der Waals surface area contributed by atoms with E-state index in [0.29, 0.717) is 31.3 Å². The van der Waals surface area contributed by atoms with Gasteiger partial charge in [-0.05, 0) is 31.2 Å². The number of allylic oxidation sites excluding steroid dienone is 2. The number of rotatable bonds is 8. The van der Waals surface area contributed by atoms with Gasteiger partial charge in [0.1, 0.15) is 0 Å². The average molecular weight is 295 g/mol. The monoisotopic (exact) mass is 295 g/mol. The second-order valence-electron chi connectivity index (χ2n) is 5.06. The normalized spacial score (nSPS) is 17.4. The molecule has 2 rings (SSSR count). The van der Waals surface area contributed by atoms with Crippen molar-refractivity contribution in [2.45, 2.75) is 18.9 Å². The van der Waals surface area contributed by atoms with E-state index in [-0.39, 0.29) is 12.5 Å².